The van der Waals surface area contributed by atoms with Crippen LogP contribution < -0.4 is 10.9 Å². The molecule has 1 saturated heterocycles. The first-order valence-corrected chi connectivity index (χ1v) is 13.2. The van der Waals surface area contributed by atoms with Gasteiger partial charge >= 0.3 is 0 Å². The standard InChI is InChI=1S/C26H24N4O4S2/c31-23-19-8-7-16(25(33)29-10-9-15-4-1-2-5-17(15)14-29)12-20(19)30-22(28-23)21(36-26(30)35)24(32)27-13-18-6-3-11-34-18/h1-2,4-5,7-8,12,18H,3,6,9-11,13-14H2,(H,27,32)(H,28,31)/t18-/m1/s1. The van der Waals surface area contributed by atoms with E-state index in [2.05, 4.69) is 16.4 Å². The van der Waals surface area contributed by atoms with Gasteiger partial charge < -0.3 is 19.9 Å². The van der Waals surface area contributed by atoms with E-state index < -0.39 is 0 Å². The zero-order valence-corrected chi connectivity index (χ0v) is 21.0. The minimum atomic E-state index is -0.336. The van der Waals surface area contributed by atoms with Gasteiger partial charge in [0.05, 0.1) is 17.0 Å². The number of rotatable bonds is 4. The third kappa shape index (κ3) is 4.04. The van der Waals surface area contributed by atoms with Gasteiger partial charge in [0.2, 0.25) is 0 Å². The maximum atomic E-state index is 13.4. The highest BCUT2D eigenvalue weighted by Gasteiger charge is 2.24. The van der Waals surface area contributed by atoms with Crippen LogP contribution >= 0.6 is 23.6 Å². The number of aromatic nitrogens is 2. The fraction of sp³-hybridized carbons (Fsp3) is 0.308. The molecule has 0 spiro atoms. The first kappa shape index (κ1) is 23.1. The Kier molecular flexibility index (Phi) is 5.94. The highest BCUT2D eigenvalue weighted by molar-refractivity contribution is 7.73. The lowest BCUT2D eigenvalue weighted by Crippen LogP contribution is -2.36. The Balaban J connectivity index is 1.36. The Labute approximate surface area is 215 Å². The van der Waals surface area contributed by atoms with Crippen LogP contribution in [0.25, 0.3) is 16.6 Å². The number of aromatic amines is 1. The molecule has 184 valence electrons. The summed E-state index contributed by atoms with van der Waals surface area (Å²) in [5.41, 5.74) is 3.40. The number of thiazole rings is 1. The minimum absolute atomic E-state index is 0.00556. The summed E-state index contributed by atoms with van der Waals surface area (Å²) in [7, 11) is 0. The van der Waals surface area contributed by atoms with Gasteiger partial charge in [-0.2, -0.15) is 0 Å². The second kappa shape index (κ2) is 9.27. The normalized spacial score (nSPS) is 17.4. The number of nitrogens with zero attached hydrogens (tertiary/aromatic N) is 2. The Morgan fingerprint density at radius 2 is 2.03 bits per heavy atom. The molecule has 0 radical (unpaired) electrons. The summed E-state index contributed by atoms with van der Waals surface area (Å²) < 4.78 is 7.68. The number of carbonyl (C=O) groups excluding carboxylic acids is 2. The van der Waals surface area contributed by atoms with Crippen molar-refractivity contribution in [1.29, 1.82) is 0 Å². The highest BCUT2D eigenvalue weighted by Crippen LogP contribution is 2.25. The van der Waals surface area contributed by atoms with Crippen LogP contribution in [0.1, 0.15) is 44.0 Å². The SMILES string of the molecule is O=C(NC[C@H]1CCCO1)c1sc(=S)n2c1[nH]c(=O)c1ccc(C(=O)N3CCc4ccccc4C3)cc12. The first-order chi connectivity index (χ1) is 17.5. The average Bonchev–Trinajstić information content (AvgIpc) is 3.54. The van der Waals surface area contributed by atoms with Crippen molar-refractivity contribution in [1.82, 2.24) is 19.6 Å². The van der Waals surface area contributed by atoms with Crippen LogP contribution in [0.15, 0.2) is 47.3 Å². The molecule has 2 aliphatic heterocycles. The zero-order valence-electron chi connectivity index (χ0n) is 19.4. The fourth-order valence-corrected chi connectivity index (χ4v) is 6.32. The summed E-state index contributed by atoms with van der Waals surface area (Å²) in [5, 5.41) is 3.30. The zero-order chi connectivity index (χ0) is 24.8. The van der Waals surface area contributed by atoms with E-state index >= 15 is 0 Å². The maximum Gasteiger partial charge on any atom is 0.265 e. The number of hydrogen-bond acceptors (Lipinski definition) is 6. The van der Waals surface area contributed by atoms with Crippen LogP contribution in [0.5, 0.6) is 0 Å². The number of fused-ring (bicyclic) bond motifs is 4. The van der Waals surface area contributed by atoms with Crippen molar-refractivity contribution >= 4 is 51.9 Å². The van der Waals surface area contributed by atoms with E-state index in [9.17, 15) is 14.4 Å². The van der Waals surface area contributed by atoms with Gasteiger partial charge in [-0.05, 0) is 60.8 Å². The number of carbonyl (C=O) groups is 2. The summed E-state index contributed by atoms with van der Waals surface area (Å²) in [4.78, 5) is 44.3. The number of ether oxygens (including phenoxy) is 1. The van der Waals surface area contributed by atoms with Gasteiger partial charge in [0.25, 0.3) is 17.4 Å². The Morgan fingerprint density at radius 1 is 1.19 bits per heavy atom. The average molecular weight is 521 g/mol. The molecule has 2 aliphatic rings. The predicted molar refractivity (Wildman–Crippen MR) is 140 cm³/mol. The Hall–Kier alpha value is -3.34. The van der Waals surface area contributed by atoms with Gasteiger partial charge in [0, 0.05) is 31.8 Å². The molecule has 1 fully saturated rings. The molecular weight excluding hydrogens is 496 g/mol. The molecule has 2 aromatic carbocycles. The van der Waals surface area contributed by atoms with Crippen molar-refractivity contribution in [3.8, 4) is 0 Å². The molecule has 0 saturated carbocycles. The van der Waals surface area contributed by atoms with Crippen LogP contribution in [0, 0.1) is 3.95 Å². The molecule has 0 aliphatic carbocycles. The summed E-state index contributed by atoms with van der Waals surface area (Å²) in [5.74, 6) is -0.408. The summed E-state index contributed by atoms with van der Waals surface area (Å²) >= 11 is 6.73. The minimum Gasteiger partial charge on any atom is -0.376 e. The van der Waals surface area contributed by atoms with E-state index in [0.717, 1.165) is 36.2 Å². The van der Waals surface area contributed by atoms with Crippen molar-refractivity contribution in [2.45, 2.75) is 31.9 Å². The highest BCUT2D eigenvalue weighted by atomic mass is 32.1. The van der Waals surface area contributed by atoms with Crippen molar-refractivity contribution in [2.75, 3.05) is 19.7 Å². The molecule has 10 heteroatoms. The third-order valence-electron chi connectivity index (χ3n) is 6.91. The van der Waals surface area contributed by atoms with Crippen LogP contribution in [0.3, 0.4) is 0 Å². The Morgan fingerprint density at radius 3 is 2.83 bits per heavy atom. The maximum absolute atomic E-state index is 13.4. The van der Waals surface area contributed by atoms with E-state index in [-0.39, 0.29) is 23.5 Å². The van der Waals surface area contributed by atoms with Gasteiger partial charge in [0.1, 0.15) is 10.5 Å². The summed E-state index contributed by atoms with van der Waals surface area (Å²) in [6.45, 7) is 2.29. The number of nitrogens with one attached hydrogen (secondary N) is 2. The van der Waals surface area contributed by atoms with E-state index in [1.807, 2.05) is 23.1 Å². The van der Waals surface area contributed by atoms with E-state index in [0.29, 0.717) is 57.2 Å². The molecule has 2 N–H and O–H groups in total. The molecular formula is C26H24N4O4S2. The van der Waals surface area contributed by atoms with Gasteiger partial charge in [-0.1, -0.05) is 35.6 Å². The van der Waals surface area contributed by atoms with Gasteiger partial charge in [-0.3, -0.25) is 18.8 Å². The van der Waals surface area contributed by atoms with Crippen molar-refractivity contribution < 1.29 is 14.3 Å². The number of H-pyrrole nitrogens is 1. The predicted octanol–water partition coefficient (Wildman–Crippen LogP) is 3.68. The molecule has 36 heavy (non-hydrogen) atoms. The molecule has 4 aromatic rings. The lowest BCUT2D eigenvalue weighted by atomic mass is 9.99. The third-order valence-corrected chi connectivity index (χ3v) is 8.28. The van der Waals surface area contributed by atoms with Gasteiger partial charge in [-0.25, -0.2) is 0 Å². The molecule has 0 unspecified atom stereocenters. The lowest BCUT2D eigenvalue weighted by molar-refractivity contribution is 0.0734. The molecule has 8 nitrogen and oxygen atoms in total. The molecule has 6 rings (SSSR count). The molecule has 1 atom stereocenters. The van der Waals surface area contributed by atoms with E-state index in [1.54, 1.807) is 22.6 Å². The molecule has 2 amide bonds. The topological polar surface area (TPSA) is 95.9 Å². The first-order valence-electron chi connectivity index (χ1n) is 12.0. The molecule has 0 bridgehead atoms. The van der Waals surface area contributed by atoms with Crippen LogP contribution in [0.2, 0.25) is 0 Å². The summed E-state index contributed by atoms with van der Waals surface area (Å²) in [6, 6.07) is 13.2. The van der Waals surface area contributed by atoms with Crippen LogP contribution in [0.4, 0.5) is 0 Å². The van der Waals surface area contributed by atoms with Gasteiger partial charge in [0.15, 0.2) is 3.95 Å². The largest absolute Gasteiger partial charge is 0.376 e. The van der Waals surface area contributed by atoms with Gasteiger partial charge in [-0.15, -0.1) is 0 Å². The second-order valence-corrected chi connectivity index (χ2v) is 10.8. The van der Waals surface area contributed by atoms with Crippen LogP contribution in [-0.4, -0.2) is 51.9 Å². The van der Waals surface area contributed by atoms with Crippen molar-refractivity contribution in [3.05, 3.63) is 78.3 Å². The number of benzene rings is 2. The summed E-state index contributed by atoms with van der Waals surface area (Å²) in [6.07, 6.45) is 2.71. The lowest BCUT2D eigenvalue weighted by Gasteiger charge is -2.29. The second-order valence-electron chi connectivity index (χ2n) is 9.16. The van der Waals surface area contributed by atoms with Crippen molar-refractivity contribution in [3.63, 3.8) is 0 Å². The quantitative estimate of drug-likeness (QED) is 0.400. The molecule has 2 aromatic heterocycles. The number of hydrogen-bond donors (Lipinski definition) is 2. The van der Waals surface area contributed by atoms with E-state index in [4.69, 9.17) is 17.0 Å². The number of amides is 2. The van der Waals surface area contributed by atoms with Crippen LogP contribution in [-0.2, 0) is 17.7 Å². The molecule has 4 heterocycles. The van der Waals surface area contributed by atoms with E-state index in [1.165, 1.54) is 5.56 Å². The fourth-order valence-electron chi connectivity index (χ4n) is 5.02. The smallest absolute Gasteiger partial charge is 0.265 e. The van der Waals surface area contributed by atoms with Crippen molar-refractivity contribution in [2.24, 2.45) is 0 Å². The monoisotopic (exact) mass is 520 g/mol. The Bertz CT molecular complexity index is 1630.